The van der Waals surface area contributed by atoms with E-state index in [9.17, 15) is 0 Å². The molecule has 0 saturated carbocycles. The molecule has 1 aromatic carbocycles. The zero-order valence-electron chi connectivity index (χ0n) is 10.4. The summed E-state index contributed by atoms with van der Waals surface area (Å²) in [6.07, 6.45) is 3.91. The van der Waals surface area contributed by atoms with Crippen LogP contribution in [-0.4, -0.2) is 40.6 Å². The molecule has 0 unspecified atom stereocenters. The van der Waals surface area contributed by atoms with Gasteiger partial charge in [0.15, 0.2) is 0 Å². The molecule has 0 aliphatic carbocycles. The van der Waals surface area contributed by atoms with E-state index in [1.165, 1.54) is 5.69 Å². The molecule has 4 heteroatoms. The van der Waals surface area contributed by atoms with Gasteiger partial charge in [0.2, 0.25) is 0 Å². The second-order valence-electron chi connectivity index (χ2n) is 4.58. The van der Waals surface area contributed by atoms with Gasteiger partial charge in [-0.15, -0.1) is 0 Å². The van der Waals surface area contributed by atoms with Crippen LogP contribution in [0.2, 0.25) is 0 Å². The molecule has 0 bridgehead atoms. The third-order valence-electron chi connectivity index (χ3n) is 3.33. The van der Waals surface area contributed by atoms with Crippen LogP contribution in [0.4, 0.5) is 0 Å². The van der Waals surface area contributed by atoms with Crippen molar-refractivity contribution in [3.63, 3.8) is 0 Å². The van der Waals surface area contributed by atoms with E-state index < -0.39 is 0 Å². The number of hydrogen-bond donors (Lipinski definition) is 1. The van der Waals surface area contributed by atoms with Gasteiger partial charge in [0.05, 0.1) is 6.54 Å². The zero-order chi connectivity index (χ0) is 12.2. The molecular formula is C14H18N4. The van der Waals surface area contributed by atoms with E-state index >= 15 is 0 Å². The lowest BCUT2D eigenvalue weighted by Gasteiger charge is -2.26. The smallest absolute Gasteiger partial charge is 0.127 e. The van der Waals surface area contributed by atoms with Gasteiger partial charge in [-0.05, 0) is 12.1 Å². The summed E-state index contributed by atoms with van der Waals surface area (Å²) in [6, 6.07) is 10.4. The highest BCUT2D eigenvalue weighted by atomic mass is 15.2. The fourth-order valence-electron chi connectivity index (χ4n) is 2.34. The molecule has 1 aliphatic rings. The van der Waals surface area contributed by atoms with E-state index in [0.29, 0.717) is 0 Å². The third-order valence-corrected chi connectivity index (χ3v) is 3.33. The first-order valence-electron chi connectivity index (χ1n) is 6.44. The third kappa shape index (κ3) is 2.44. The Hall–Kier alpha value is -1.65. The van der Waals surface area contributed by atoms with Crippen LogP contribution in [0.25, 0.3) is 5.69 Å². The average Bonchev–Trinajstić information content (AvgIpc) is 2.89. The molecule has 0 radical (unpaired) electrons. The first-order valence-corrected chi connectivity index (χ1v) is 6.44. The fraction of sp³-hybridized carbons (Fsp3) is 0.357. The van der Waals surface area contributed by atoms with E-state index in [1.54, 1.807) is 0 Å². The Kier molecular flexibility index (Phi) is 3.39. The molecule has 1 saturated heterocycles. The Bertz CT molecular complexity index is 486. The molecule has 1 aromatic heterocycles. The molecule has 0 amide bonds. The van der Waals surface area contributed by atoms with Crippen LogP contribution in [0.3, 0.4) is 0 Å². The predicted octanol–water partition coefficient (Wildman–Crippen LogP) is 1.28. The second kappa shape index (κ2) is 5.33. The van der Waals surface area contributed by atoms with Gasteiger partial charge < -0.3 is 9.88 Å². The normalized spacial score (nSPS) is 16.9. The van der Waals surface area contributed by atoms with Crippen LogP contribution in [0.15, 0.2) is 42.7 Å². The van der Waals surface area contributed by atoms with Gasteiger partial charge >= 0.3 is 0 Å². The Balaban J connectivity index is 1.79. The standard InChI is InChI=1S/C14H18N4/c1-2-4-13(5-3-1)18-11-8-16-14(18)12-17-9-6-15-7-10-17/h1-5,8,11,15H,6-7,9-10,12H2. The van der Waals surface area contributed by atoms with E-state index in [2.05, 4.69) is 44.0 Å². The van der Waals surface area contributed by atoms with E-state index in [0.717, 1.165) is 38.5 Å². The van der Waals surface area contributed by atoms with Crippen LogP contribution in [-0.2, 0) is 6.54 Å². The monoisotopic (exact) mass is 242 g/mol. The maximum atomic E-state index is 4.49. The van der Waals surface area contributed by atoms with Gasteiger partial charge in [-0.1, -0.05) is 18.2 Å². The summed E-state index contributed by atoms with van der Waals surface area (Å²) in [4.78, 5) is 6.93. The largest absolute Gasteiger partial charge is 0.314 e. The molecule has 1 N–H and O–H groups in total. The minimum atomic E-state index is 0.920. The maximum Gasteiger partial charge on any atom is 0.127 e. The van der Waals surface area contributed by atoms with Crippen molar-refractivity contribution in [2.75, 3.05) is 26.2 Å². The van der Waals surface area contributed by atoms with Gasteiger partial charge in [-0.3, -0.25) is 4.90 Å². The summed E-state index contributed by atoms with van der Waals surface area (Å²) in [5.74, 6) is 1.11. The summed E-state index contributed by atoms with van der Waals surface area (Å²) < 4.78 is 2.17. The van der Waals surface area contributed by atoms with Crippen molar-refractivity contribution >= 4 is 0 Å². The highest BCUT2D eigenvalue weighted by Gasteiger charge is 2.13. The molecule has 0 spiro atoms. The molecule has 1 fully saturated rings. The number of aromatic nitrogens is 2. The highest BCUT2D eigenvalue weighted by molar-refractivity contribution is 5.32. The van der Waals surface area contributed by atoms with Crippen LogP contribution in [0.1, 0.15) is 5.82 Å². The Morgan fingerprint density at radius 3 is 2.67 bits per heavy atom. The first-order chi connectivity index (χ1) is 8.93. The maximum absolute atomic E-state index is 4.49. The number of nitrogens with one attached hydrogen (secondary N) is 1. The lowest BCUT2D eigenvalue weighted by atomic mass is 10.3. The topological polar surface area (TPSA) is 33.1 Å². The molecule has 4 nitrogen and oxygen atoms in total. The van der Waals surface area contributed by atoms with Crippen LogP contribution < -0.4 is 5.32 Å². The minimum absolute atomic E-state index is 0.920. The lowest BCUT2D eigenvalue weighted by molar-refractivity contribution is 0.227. The van der Waals surface area contributed by atoms with Gasteiger partial charge in [-0.25, -0.2) is 4.98 Å². The Morgan fingerprint density at radius 1 is 1.11 bits per heavy atom. The lowest BCUT2D eigenvalue weighted by Crippen LogP contribution is -2.43. The number of para-hydroxylation sites is 1. The van der Waals surface area contributed by atoms with Crippen molar-refractivity contribution in [3.05, 3.63) is 48.5 Å². The molecule has 0 atom stereocenters. The number of imidazole rings is 1. The van der Waals surface area contributed by atoms with E-state index in [4.69, 9.17) is 0 Å². The number of benzene rings is 1. The molecule has 1 aliphatic heterocycles. The van der Waals surface area contributed by atoms with Crippen LogP contribution in [0, 0.1) is 0 Å². The number of rotatable bonds is 3. The number of hydrogen-bond acceptors (Lipinski definition) is 3. The molecule has 2 heterocycles. The van der Waals surface area contributed by atoms with E-state index in [-0.39, 0.29) is 0 Å². The van der Waals surface area contributed by atoms with Crippen molar-refractivity contribution < 1.29 is 0 Å². The molecule has 2 aromatic rings. The summed E-state index contributed by atoms with van der Waals surface area (Å²) in [5.41, 5.74) is 1.18. The zero-order valence-corrected chi connectivity index (χ0v) is 10.4. The van der Waals surface area contributed by atoms with Crippen molar-refractivity contribution in [1.29, 1.82) is 0 Å². The predicted molar refractivity (Wildman–Crippen MR) is 71.7 cm³/mol. The summed E-state index contributed by atoms with van der Waals surface area (Å²) >= 11 is 0. The summed E-state index contributed by atoms with van der Waals surface area (Å²) in [7, 11) is 0. The summed E-state index contributed by atoms with van der Waals surface area (Å²) in [6.45, 7) is 5.27. The second-order valence-corrected chi connectivity index (χ2v) is 4.58. The number of piperazine rings is 1. The SMILES string of the molecule is c1ccc(-n2ccnc2CN2CCNCC2)cc1. The molecule has 18 heavy (non-hydrogen) atoms. The van der Waals surface area contributed by atoms with Gasteiger partial charge in [0.25, 0.3) is 0 Å². The van der Waals surface area contributed by atoms with Crippen molar-refractivity contribution in [1.82, 2.24) is 19.8 Å². The van der Waals surface area contributed by atoms with Gasteiger partial charge in [0, 0.05) is 44.3 Å². The van der Waals surface area contributed by atoms with Crippen LogP contribution in [0.5, 0.6) is 0 Å². The fourth-order valence-corrected chi connectivity index (χ4v) is 2.34. The van der Waals surface area contributed by atoms with Crippen molar-refractivity contribution in [3.8, 4) is 5.69 Å². The summed E-state index contributed by atoms with van der Waals surface area (Å²) in [5, 5.41) is 3.37. The average molecular weight is 242 g/mol. The first kappa shape index (κ1) is 11.4. The highest BCUT2D eigenvalue weighted by Crippen LogP contribution is 2.12. The number of nitrogens with zero attached hydrogens (tertiary/aromatic N) is 3. The minimum Gasteiger partial charge on any atom is -0.314 e. The van der Waals surface area contributed by atoms with Crippen LogP contribution >= 0.6 is 0 Å². The molecule has 3 rings (SSSR count). The van der Waals surface area contributed by atoms with E-state index in [1.807, 2.05) is 18.5 Å². The Labute approximate surface area is 107 Å². The molecular weight excluding hydrogens is 224 g/mol. The van der Waals surface area contributed by atoms with Crippen molar-refractivity contribution in [2.24, 2.45) is 0 Å². The van der Waals surface area contributed by atoms with Gasteiger partial charge in [0.1, 0.15) is 5.82 Å². The van der Waals surface area contributed by atoms with Crippen molar-refractivity contribution in [2.45, 2.75) is 6.54 Å². The Morgan fingerprint density at radius 2 is 1.89 bits per heavy atom. The molecule has 94 valence electrons. The van der Waals surface area contributed by atoms with Gasteiger partial charge in [-0.2, -0.15) is 0 Å². The quantitative estimate of drug-likeness (QED) is 0.880.